The average Bonchev–Trinajstić information content (AvgIpc) is 3.31. The predicted octanol–water partition coefficient (Wildman–Crippen LogP) is 3.39. The van der Waals surface area contributed by atoms with Gasteiger partial charge in [-0.2, -0.15) is 0 Å². The van der Waals surface area contributed by atoms with Crippen molar-refractivity contribution in [3.8, 4) is 0 Å². The number of likely N-dealkylation sites (tertiary alicyclic amines) is 1. The number of carbonyl (C=O) groups excluding carboxylic acids is 2. The van der Waals surface area contributed by atoms with Crippen LogP contribution in [-0.4, -0.2) is 35.6 Å². The van der Waals surface area contributed by atoms with Crippen LogP contribution in [0.1, 0.15) is 28.1 Å². The fourth-order valence-electron chi connectivity index (χ4n) is 2.65. The summed E-state index contributed by atoms with van der Waals surface area (Å²) in [6.45, 7) is 2.26. The first-order chi connectivity index (χ1) is 11.7. The lowest BCUT2D eigenvalue weighted by Gasteiger charge is -2.15. The molecule has 126 valence electrons. The summed E-state index contributed by atoms with van der Waals surface area (Å²) in [6, 6.07) is 11.4. The van der Waals surface area contributed by atoms with Crippen molar-refractivity contribution in [2.45, 2.75) is 24.3 Å². The van der Waals surface area contributed by atoms with Crippen LogP contribution in [0.4, 0.5) is 0 Å². The Morgan fingerprint density at radius 3 is 2.67 bits per heavy atom. The number of carbonyl (C=O) groups is 2. The average molecular weight is 361 g/mol. The van der Waals surface area contributed by atoms with E-state index in [-0.39, 0.29) is 11.8 Å². The van der Waals surface area contributed by atoms with Crippen molar-refractivity contribution in [2.24, 2.45) is 0 Å². The Hall–Kier alpha value is -1.79. The van der Waals surface area contributed by atoms with E-state index in [2.05, 4.69) is 5.32 Å². The summed E-state index contributed by atoms with van der Waals surface area (Å²) in [7, 11) is 0. The van der Waals surface area contributed by atoms with E-state index >= 15 is 0 Å². The largest absolute Gasteiger partial charge is 0.347 e. The molecule has 0 saturated carbocycles. The molecule has 6 heteroatoms. The van der Waals surface area contributed by atoms with Crippen molar-refractivity contribution >= 4 is 34.9 Å². The van der Waals surface area contributed by atoms with Gasteiger partial charge in [-0.05, 0) is 36.4 Å². The number of hydrogen-bond acceptors (Lipinski definition) is 4. The van der Waals surface area contributed by atoms with Gasteiger partial charge in [0.05, 0.1) is 17.9 Å². The number of nitrogens with zero attached hydrogens (tertiary/aromatic N) is 1. The maximum absolute atomic E-state index is 12.4. The number of thioether (sulfide) groups is 1. The van der Waals surface area contributed by atoms with Crippen LogP contribution in [0.3, 0.4) is 0 Å². The molecule has 2 heterocycles. The number of rotatable bonds is 6. The zero-order valence-corrected chi connectivity index (χ0v) is 15.0. The second kappa shape index (κ2) is 8.35. The first-order valence-electron chi connectivity index (χ1n) is 8.04. The lowest BCUT2D eigenvalue weighted by atomic mass is 10.2. The quantitative estimate of drug-likeness (QED) is 0.804. The zero-order chi connectivity index (χ0) is 16.8. The minimum Gasteiger partial charge on any atom is -0.347 e. The molecule has 0 radical (unpaired) electrons. The molecule has 2 amide bonds. The molecular weight excluding hydrogens is 340 g/mol. The molecule has 1 aliphatic rings. The number of hydrogen-bond donors (Lipinski definition) is 1. The number of benzene rings is 1. The molecule has 0 unspecified atom stereocenters. The van der Waals surface area contributed by atoms with Gasteiger partial charge in [0.2, 0.25) is 5.91 Å². The van der Waals surface area contributed by atoms with E-state index in [1.165, 1.54) is 11.8 Å². The van der Waals surface area contributed by atoms with Gasteiger partial charge < -0.3 is 10.2 Å². The number of amides is 2. The van der Waals surface area contributed by atoms with E-state index in [4.69, 9.17) is 0 Å². The molecule has 1 saturated heterocycles. The third kappa shape index (κ3) is 4.39. The summed E-state index contributed by atoms with van der Waals surface area (Å²) in [4.78, 5) is 28.5. The van der Waals surface area contributed by atoms with Crippen LogP contribution in [0.5, 0.6) is 0 Å². The highest BCUT2D eigenvalue weighted by Crippen LogP contribution is 2.24. The van der Waals surface area contributed by atoms with Gasteiger partial charge in [-0.25, -0.2) is 0 Å². The molecule has 1 fully saturated rings. The normalized spacial score (nSPS) is 13.9. The van der Waals surface area contributed by atoms with Crippen LogP contribution in [-0.2, 0) is 11.3 Å². The molecule has 24 heavy (non-hydrogen) atoms. The first kappa shape index (κ1) is 17.0. The first-order valence-corrected chi connectivity index (χ1v) is 9.91. The molecule has 4 nitrogen and oxygen atoms in total. The molecule has 1 aromatic carbocycles. The molecule has 0 spiro atoms. The van der Waals surface area contributed by atoms with Crippen LogP contribution in [0, 0.1) is 0 Å². The summed E-state index contributed by atoms with van der Waals surface area (Å²) >= 11 is 3.07. The van der Waals surface area contributed by atoms with Crippen molar-refractivity contribution in [1.29, 1.82) is 0 Å². The monoisotopic (exact) mass is 360 g/mol. The number of thiophene rings is 1. The van der Waals surface area contributed by atoms with Crippen molar-refractivity contribution in [1.82, 2.24) is 10.2 Å². The molecule has 0 atom stereocenters. The second-order valence-corrected chi connectivity index (χ2v) is 7.68. The van der Waals surface area contributed by atoms with Gasteiger partial charge in [0.25, 0.3) is 5.91 Å². The Morgan fingerprint density at radius 1 is 1.12 bits per heavy atom. The molecule has 0 bridgehead atoms. The SMILES string of the molecule is O=C(NCc1cccs1)c1ccccc1SCC(=O)N1CCCC1. The van der Waals surface area contributed by atoms with Gasteiger partial charge >= 0.3 is 0 Å². The van der Waals surface area contributed by atoms with E-state index in [1.807, 2.05) is 46.7 Å². The minimum atomic E-state index is -0.0971. The van der Waals surface area contributed by atoms with Crippen molar-refractivity contribution < 1.29 is 9.59 Å². The highest BCUT2D eigenvalue weighted by atomic mass is 32.2. The maximum atomic E-state index is 12.4. The van der Waals surface area contributed by atoms with Gasteiger partial charge in [0.1, 0.15) is 0 Å². The summed E-state index contributed by atoms with van der Waals surface area (Å²) in [6.07, 6.45) is 2.19. The molecule has 3 rings (SSSR count). The van der Waals surface area contributed by atoms with E-state index in [1.54, 1.807) is 11.3 Å². The van der Waals surface area contributed by atoms with E-state index in [0.717, 1.165) is 35.7 Å². The zero-order valence-electron chi connectivity index (χ0n) is 13.4. The number of nitrogens with one attached hydrogen (secondary N) is 1. The minimum absolute atomic E-state index is 0.0971. The van der Waals surface area contributed by atoms with Crippen LogP contribution in [0.25, 0.3) is 0 Å². The molecule has 1 N–H and O–H groups in total. The van der Waals surface area contributed by atoms with Crippen molar-refractivity contribution in [3.05, 3.63) is 52.2 Å². The van der Waals surface area contributed by atoms with E-state index < -0.39 is 0 Å². The van der Waals surface area contributed by atoms with Crippen molar-refractivity contribution in [3.63, 3.8) is 0 Å². The highest BCUT2D eigenvalue weighted by molar-refractivity contribution is 8.00. The summed E-state index contributed by atoms with van der Waals surface area (Å²) in [5.74, 6) is 0.446. The summed E-state index contributed by atoms with van der Waals surface area (Å²) < 4.78 is 0. The predicted molar refractivity (Wildman–Crippen MR) is 98.5 cm³/mol. The Bertz CT molecular complexity index is 695. The van der Waals surface area contributed by atoms with E-state index in [9.17, 15) is 9.59 Å². The topological polar surface area (TPSA) is 49.4 Å². The fraction of sp³-hybridized carbons (Fsp3) is 0.333. The summed E-state index contributed by atoms with van der Waals surface area (Å²) in [5, 5.41) is 4.94. The van der Waals surface area contributed by atoms with Gasteiger partial charge in [0.15, 0.2) is 0 Å². The van der Waals surface area contributed by atoms with Gasteiger partial charge in [-0.1, -0.05) is 18.2 Å². The third-order valence-electron chi connectivity index (χ3n) is 3.94. The lowest BCUT2D eigenvalue weighted by molar-refractivity contribution is -0.127. The molecule has 0 aliphatic carbocycles. The smallest absolute Gasteiger partial charge is 0.252 e. The van der Waals surface area contributed by atoms with Gasteiger partial charge in [-0.15, -0.1) is 23.1 Å². The molecule has 2 aromatic rings. The Balaban J connectivity index is 1.59. The van der Waals surface area contributed by atoms with Crippen LogP contribution >= 0.6 is 23.1 Å². The molecular formula is C18H20N2O2S2. The Labute approximate surface area is 150 Å². The highest BCUT2D eigenvalue weighted by Gasteiger charge is 2.19. The van der Waals surface area contributed by atoms with Crippen LogP contribution in [0.15, 0.2) is 46.7 Å². The Morgan fingerprint density at radius 2 is 1.92 bits per heavy atom. The lowest BCUT2D eigenvalue weighted by Crippen LogP contribution is -2.29. The molecule has 1 aliphatic heterocycles. The third-order valence-corrected chi connectivity index (χ3v) is 5.88. The van der Waals surface area contributed by atoms with Crippen molar-refractivity contribution in [2.75, 3.05) is 18.8 Å². The van der Waals surface area contributed by atoms with Crippen LogP contribution in [0.2, 0.25) is 0 Å². The standard InChI is InChI=1S/C18H20N2O2S2/c21-17(20-9-3-4-10-20)13-24-16-8-2-1-7-15(16)18(22)19-12-14-6-5-11-23-14/h1-2,5-8,11H,3-4,9-10,12-13H2,(H,19,22). The Kier molecular flexibility index (Phi) is 5.93. The van der Waals surface area contributed by atoms with Gasteiger partial charge in [-0.3, -0.25) is 9.59 Å². The summed E-state index contributed by atoms with van der Waals surface area (Å²) in [5.41, 5.74) is 0.633. The maximum Gasteiger partial charge on any atom is 0.252 e. The molecule has 1 aromatic heterocycles. The fourth-order valence-corrected chi connectivity index (χ4v) is 4.25. The van der Waals surface area contributed by atoms with Crippen LogP contribution < -0.4 is 5.32 Å². The van der Waals surface area contributed by atoms with Gasteiger partial charge in [0, 0.05) is 22.9 Å². The second-order valence-electron chi connectivity index (χ2n) is 5.63. The van der Waals surface area contributed by atoms with E-state index in [0.29, 0.717) is 17.9 Å².